The van der Waals surface area contributed by atoms with Crippen LogP contribution in [0, 0.1) is 5.92 Å². The molecule has 106 valence electrons. The van der Waals surface area contributed by atoms with Crippen LogP contribution in [-0.4, -0.2) is 14.3 Å². The van der Waals surface area contributed by atoms with Crippen LogP contribution >= 0.6 is 0 Å². The van der Waals surface area contributed by atoms with Crippen molar-refractivity contribution >= 4 is 15.9 Å². The SMILES string of the molecule is CC(=O)NS(=O)(=O)C(C)c1ccc(CC(C)C)cc1. The molecule has 1 N–H and O–H groups in total. The largest absolute Gasteiger partial charge is 0.274 e. The molecule has 0 fully saturated rings. The van der Waals surface area contributed by atoms with Gasteiger partial charge in [-0.3, -0.25) is 9.52 Å². The van der Waals surface area contributed by atoms with Crippen LogP contribution < -0.4 is 4.72 Å². The van der Waals surface area contributed by atoms with Gasteiger partial charge in [-0.05, 0) is 30.4 Å². The molecule has 19 heavy (non-hydrogen) atoms. The lowest BCUT2D eigenvalue weighted by molar-refractivity contribution is -0.117. The van der Waals surface area contributed by atoms with E-state index in [9.17, 15) is 13.2 Å². The van der Waals surface area contributed by atoms with Crippen molar-refractivity contribution in [2.45, 2.75) is 39.4 Å². The zero-order valence-corrected chi connectivity index (χ0v) is 12.6. The van der Waals surface area contributed by atoms with E-state index in [2.05, 4.69) is 13.8 Å². The molecule has 0 aromatic heterocycles. The highest BCUT2D eigenvalue weighted by Gasteiger charge is 2.23. The number of sulfonamides is 1. The Hall–Kier alpha value is -1.36. The molecule has 1 aromatic carbocycles. The van der Waals surface area contributed by atoms with Crippen LogP contribution in [0.15, 0.2) is 24.3 Å². The Balaban J connectivity index is 2.89. The standard InChI is InChI=1S/C14H21NO3S/c1-10(2)9-13-5-7-14(8-6-13)11(3)19(17,18)15-12(4)16/h5-8,10-11H,9H2,1-4H3,(H,15,16). The van der Waals surface area contributed by atoms with E-state index in [1.165, 1.54) is 12.5 Å². The van der Waals surface area contributed by atoms with E-state index in [1.807, 2.05) is 29.0 Å². The molecule has 5 heteroatoms. The maximum Gasteiger partial charge on any atom is 0.241 e. The van der Waals surface area contributed by atoms with Crippen LogP contribution in [0.25, 0.3) is 0 Å². The fraction of sp³-hybridized carbons (Fsp3) is 0.500. The van der Waals surface area contributed by atoms with Crippen molar-refractivity contribution in [3.8, 4) is 0 Å². The molecule has 1 aromatic rings. The Kier molecular flexibility index (Phi) is 5.11. The van der Waals surface area contributed by atoms with E-state index in [4.69, 9.17) is 0 Å². The van der Waals surface area contributed by atoms with Crippen molar-refractivity contribution in [1.82, 2.24) is 4.72 Å². The van der Waals surface area contributed by atoms with E-state index in [1.54, 1.807) is 6.92 Å². The summed E-state index contributed by atoms with van der Waals surface area (Å²) in [4.78, 5) is 10.9. The van der Waals surface area contributed by atoms with Crippen LogP contribution in [-0.2, 0) is 21.2 Å². The maximum atomic E-state index is 11.9. The maximum absolute atomic E-state index is 11.9. The van der Waals surface area contributed by atoms with E-state index >= 15 is 0 Å². The molecule has 1 rings (SSSR count). The quantitative estimate of drug-likeness (QED) is 0.902. The van der Waals surface area contributed by atoms with Gasteiger partial charge in [-0.2, -0.15) is 0 Å². The molecule has 0 aliphatic heterocycles. The van der Waals surface area contributed by atoms with Crippen molar-refractivity contribution < 1.29 is 13.2 Å². The fourth-order valence-electron chi connectivity index (χ4n) is 1.86. The van der Waals surface area contributed by atoms with Gasteiger partial charge >= 0.3 is 0 Å². The van der Waals surface area contributed by atoms with Crippen molar-refractivity contribution in [3.05, 3.63) is 35.4 Å². The second-order valence-electron chi connectivity index (χ2n) is 5.19. The Morgan fingerprint density at radius 1 is 1.16 bits per heavy atom. The summed E-state index contributed by atoms with van der Waals surface area (Å²) in [7, 11) is -3.65. The molecule has 0 saturated carbocycles. The molecule has 1 amide bonds. The molecule has 0 heterocycles. The lowest BCUT2D eigenvalue weighted by Crippen LogP contribution is -2.31. The molecule has 0 spiro atoms. The van der Waals surface area contributed by atoms with Gasteiger partial charge in [-0.25, -0.2) is 8.42 Å². The summed E-state index contributed by atoms with van der Waals surface area (Å²) in [6.07, 6.45) is 0.965. The minimum Gasteiger partial charge on any atom is -0.274 e. The minimum atomic E-state index is -3.65. The predicted octanol–water partition coefficient (Wildman–Crippen LogP) is 2.41. The first-order chi connectivity index (χ1) is 8.72. The van der Waals surface area contributed by atoms with Crippen LogP contribution in [0.4, 0.5) is 0 Å². The molecule has 0 bridgehead atoms. The number of hydrogen-bond donors (Lipinski definition) is 1. The van der Waals surface area contributed by atoms with Gasteiger partial charge in [0.15, 0.2) is 0 Å². The van der Waals surface area contributed by atoms with Gasteiger partial charge in [-0.1, -0.05) is 38.1 Å². The Morgan fingerprint density at radius 3 is 2.11 bits per heavy atom. The summed E-state index contributed by atoms with van der Waals surface area (Å²) < 4.78 is 25.7. The van der Waals surface area contributed by atoms with Gasteiger partial charge in [0.25, 0.3) is 0 Å². The normalized spacial score (nSPS) is 13.3. The second kappa shape index (κ2) is 6.19. The van der Waals surface area contributed by atoms with Gasteiger partial charge in [0.1, 0.15) is 5.25 Å². The van der Waals surface area contributed by atoms with Gasteiger partial charge < -0.3 is 0 Å². The van der Waals surface area contributed by atoms with E-state index in [0.717, 1.165) is 6.42 Å². The number of hydrogen-bond acceptors (Lipinski definition) is 3. The van der Waals surface area contributed by atoms with E-state index in [0.29, 0.717) is 11.5 Å². The Morgan fingerprint density at radius 2 is 1.68 bits per heavy atom. The summed E-state index contributed by atoms with van der Waals surface area (Å²) in [5, 5.41) is -0.746. The minimum absolute atomic E-state index is 0.561. The third-order valence-electron chi connectivity index (χ3n) is 2.84. The number of rotatable bonds is 5. The molecule has 4 nitrogen and oxygen atoms in total. The van der Waals surface area contributed by atoms with Crippen molar-refractivity contribution in [2.24, 2.45) is 5.92 Å². The molecular weight excluding hydrogens is 262 g/mol. The van der Waals surface area contributed by atoms with Crippen LogP contribution in [0.3, 0.4) is 0 Å². The summed E-state index contributed by atoms with van der Waals surface area (Å²) in [5.41, 5.74) is 1.86. The molecule has 0 aliphatic rings. The Bertz CT molecular complexity index is 532. The van der Waals surface area contributed by atoms with Gasteiger partial charge in [0, 0.05) is 6.92 Å². The summed E-state index contributed by atoms with van der Waals surface area (Å²) >= 11 is 0. The first-order valence-corrected chi connectivity index (χ1v) is 7.88. The number of nitrogens with one attached hydrogen (secondary N) is 1. The lowest BCUT2D eigenvalue weighted by Gasteiger charge is -2.14. The zero-order valence-electron chi connectivity index (χ0n) is 11.8. The highest BCUT2D eigenvalue weighted by atomic mass is 32.2. The highest BCUT2D eigenvalue weighted by molar-refractivity contribution is 7.90. The topological polar surface area (TPSA) is 63.2 Å². The molecule has 1 atom stereocenters. The third-order valence-corrected chi connectivity index (χ3v) is 4.62. The third kappa shape index (κ3) is 4.67. The Labute approximate surface area is 115 Å². The predicted molar refractivity (Wildman–Crippen MR) is 76.1 cm³/mol. The first-order valence-electron chi connectivity index (χ1n) is 6.33. The zero-order chi connectivity index (χ0) is 14.6. The molecule has 0 aliphatic carbocycles. The molecule has 0 saturated heterocycles. The van der Waals surface area contributed by atoms with E-state index in [-0.39, 0.29) is 0 Å². The molecule has 1 unspecified atom stereocenters. The fourth-order valence-corrected chi connectivity index (χ4v) is 2.96. The van der Waals surface area contributed by atoms with Gasteiger partial charge in [0.2, 0.25) is 15.9 Å². The van der Waals surface area contributed by atoms with Crippen molar-refractivity contribution in [1.29, 1.82) is 0 Å². The smallest absolute Gasteiger partial charge is 0.241 e. The second-order valence-corrected chi connectivity index (χ2v) is 7.19. The average molecular weight is 283 g/mol. The monoisotopic (exact) mass is 283 g/mol. The summed E-state index contributed by atoms with van der Waals surface area (Å²) in [6.45, 7) is 7.04. The number of carbonyl (C=O) groups excluding carboxylic acids is 1. The van der Waals surface area contributed by atoms with Gasteiger partial charge in [0.05, 0.1) is 0 Å². The molecule has 0 radical (unpaired) electrons. The van der Waals surface area contributed by atoms with Crippen molar-refractivity contribution in [2.75, 3.05) is 0 Å². The van der Waals surface area contributed by atoms with E-state index < -0.39 is 21.2 Å². The van der Waals surface area contributed by atoms with Crippen molar-refractivity contribution in [3.63, 3.8) is 0 Å². The van der Waals surface area contributed by atoms with Crippen LogP contribution in [0.1, 0.15) is 44.1 Å². The highest BCUT2D eigenvalue weighted by Crippen LogP contribution is 2.21. The van der Waals surface area contributed by atoms with Crippen LogP contribution in [0.5, 0.6) is 0 Å². The first kappa shape index (κ1) is 15.7. The summed E-state index contributed by atoms with van der Waals surface area (Å²) in [5.74, 6) is -0.00494. The van der Waals surface area contributed by atoms with Gasteiger partial charge in [-0.15, -0.1) is 0 Å². The number of amides is 1. The van der Waals surface area contributed by atoms with Crippen LogP contribution in [0.2, 0.25) is 0 Å². The lowest BCUT2D eigenvalue weighted by atomic mass is 10.0. The molecular formula is C14H21NO3S. The summed E-state index contributed by atoms with van der Waals surface area (Å²) in [6, 6.07) is 7.49. The average Bonchev–Trinajstić information content (AvgIpc) is 2.26. The number of benzene rings is 1. The number of carbonyl (C=O) groups is 1.